The zero-order chi connectivity index (χ0) is 13.4. The molecule has 0 aliphatic carbocycles. The van der Waals surface area contributed by atoms with Crippen molar-refractivity contribution in [2.45, 2.75) is 39.2 Å². The van der Waals surface area contributed by atoms with Gasteiger partial charge in [0.1, 0.15) is 5.82 Å². The summed E-state index contributed by atoms with van der Waals surface area (Å²) in [4.78, 5) is 11.5. The molecule has 1 amide bonds. The quantitative estimate of drug-likeness (QED) is 0.867. The van der Waals surface area contributed by atoms with Crippen LogP contribution in [0.1, 0.15) is 50.3 Å². The predicted molar refractivity (Wildman–Crippen MR) is 67.9 cm³/mol. The first kappa shape index (κ1) is 13.0. The number of rotatable bonds is 3. The Balaban J connectivity index is 2.36. The standard InChI is InChI=1S/C14H18FNO2/c1-7(2)4-12(17)9-5-10-8(3)14(18)16-13(10)11(15)6-9/h5-8,12,17H,4H2,1-3H3,(H,16,18). The fraction of sp³-hybridized carbons (Fsp3) is 0.500. The van der Waals surface area contributed by atoms with Gasteiger partial charge in [0.2, 0.25) is 5.91 Å². The molecule has 0 saturated heterocycles. The highest BCUT2D eigenvalue weighted by molar-refractivity contribution is 6.02. The van der Waals surface area contributed by atoms with Gasteiger partial charge in [0.25, 0.3) is 0 Å². The third kappa shape index (κ3) is 2.25. The lowest BCUT2D eigenvalue weighted by atomic mass is 9.94. The SMILES string of the molecule is CC(C)CC(O)c1cc(F)c2c(c1)C(C)C(=O)N2. The number of carbonyl (C=O) groups is 1. The Hall–Kier alpha value is -1.42. The topological polar surface area (TPSA) is 49.3 Å². The number of aliphatic hydroxyl groups is 1. The average molecular weight is 251 g/mol. The Kier molecular flexibility index (Phi) is 3.39. The molecule has 98 valence electrons. The Morgan fingerprint density at radius 2 is 2.11 bits per heavy atom. The van der Waals surface area contributed by atoms with E-state index in [0.717, 1.165) is 0 Å². The summed E-state index contributed by atoms with van der Waals surface area (Å²) in [6.07, 6.45) is -0.110. The van der Waals surface area contributed by atoms with Crippen LogP contribution in [0.3, 0.4) is 0 Å². The lowest BCUT2D eigenvalue weighted by Gasteiger charge is -2.15. The van der Waals surface area contributed by atoms with E-state index < -0.39 is 11.9 Å². The maximum Gasteiger partial charge on any atom is 0.231 e. The number of nitrogens with one attached hydrogen (secondary N) is 1. The van der Waals surface area contributed by atoms with Crippen LogP contribution in [0.15, 0.2) is 12.1 Å². The minimum absolute atomic E-state index is 0.195. The molecule has 1 aliphatic rings. The van der Waals surface area contributed by atoms with Crippen LogP contribution in [0.5, 0.6) is 0 Å². The summed E-state index contributed by atoms with van der Waals surface area (Å²) in [5.74, 6) is -0.698. The zero-order valence-electron chi connectivity index (χ0n) is 10.8. The molecule has 0 aromatic heterocycles. The van der Waals surface area contributed by atoms with Gasteiger partial charge >= 0.3 is 0 Å². The molecule has 2 N–H and O–H groups in total. The maximum absolute atomic E-state index is 13.9. The molecular weight excluding hydrogens is 233 g/mol. The van der Waals surface area contributed by atoms with E-state index in [4.69, 9.17) is 0 Å². The van der Waals surface area contributed by atoms with E-state index in [2.05, 4.69) is 5.32 Å². The highest BCUT2D eigenvalue weighted by Gasteiger charge is 2.30. The number of hydrogen-bond donors (Lipinski definition) is 2. The molecule has 0 spiro atoms. The summed E-state index contributed by atoms with van der Waals surface area (Å²) in [6, 6.07) is 3.04. The third-order valence-electron chi connectivity index (χ3n) is 3.33. The summed E-state index contributed by atoms with van der Waals surface area (Å²) in [7, 11) is 0. The van der Waals surface area contributed by atoms with Gasteiger partial charge in [-0.15, -0.1) is 0 Å². The van der Waals surface area contributed by atoms with Crippen LogP contribution in [0.25, 0.3) is 0 Å². The van der Waals surface area contributed by atoms with Crippen molar-refractivity contribution < 1.29 is 14.3 Å². The summed E-state index contributed by atoms with van der Waals surface area (Å²) in [5.41, 5.74) is 1.44. The van der Waals surface area contributed by atoms with E-state index in [0.29, 0.717) is 23.5 Å². The van der Waals surface area contributed by atoms with Crippen molar-refractivity contribution in [1.29, 1.82) is 0 Å². The number of anilines is 1. The second kappa shape index (κ2) is 4.69. The molecule has 3 nitrogen and oxygen atoms in total. The summed E-state index contributed by atoms with van der Waals surface area (Å²) >= 11 is 0. The molecule has 0 radical (unpaired) electrons. The lowest BCUT2D eigenvalue weighted by Crippen LogP contribution is -2.08. The number of hydrogen-bond acceptors (Lipinski definition) is 2. The Morgan fingerprint density at radius 3 is 2.72 bits per heavy atom. The summed E-state index contributed by atoms with van der Waals surface area (Å²) in [5, 5.41) is 12.6. The molecule has 0 saturated carbocycles. The summed E-state index contributed by atoms with van der Waals surface area (Å²) < 4.78 is 13.9. The highest BCUT2D eigenvalue weighted by Crippen LogP contribution is 2.37. The second-order valence-corrected chi connectivity index (χ2v) is 5.32. The molecule has 4 heteroatoms. The monoisotopic (exact) mass is 251 g/mol. The first-order valence-electron chi connectivity index (χ1n) is 6.22. The van der Waals surface area contributed by atoms with Gasteiger partial charge in [-0.3, -0.25) is 4.79 Å². The van der Waals surface area contributed by atoms with Gasteiger partial charge in [-0.1, -0.05) is 19.9 Å². The van der Waals surface area contributed by atoms with Crippen molar-refractivity contribution in [3.05, 3.63) is 29.1 Å². The van der Waals surface area contributed by atoms with E-state index in [9.17, 15) is 14.3 Å². The smallest absolute Gasteiger partial charge is 0.231 e. The zero-order valence-corrected chi connectivity index (χ0v) is 10.8. The number of fused-ring (bicyclic) bond motifs is 1. The Morgan fingerprint density at radius 1 is 1.44 bits per heavy atom. The normalized spacial score (nSPS) is 19.9. The molecule has 0 fully saturated rings. The molecule has 0 bridgehead atoms. The Labute approximate surface area is 106 Å². The van der Waals surface area contributed by atoms with Gasteiger partial charge in [-0.25, -0.2) is 4.39 Å². The van der Waals surface area contributed by atoms with Crippen molar-refractivity contribution in [1.82, 2.24) is 0 Å². The molecule has 2 atom stereocenters. The van der Waals surface area contributed by atoms with Crippen LogP contribution < -0.4 is 5.32 Å². The first-order chi connectivity index (χ1) is 8.40. The molecule has 1 aliphatic heterocycles. The molecule has 1 heterocycles. The van der Waals surface area contributed by atoms with Crippen LogP contribution in [0, 0.1) is 11.7 Å². The fourth-order valence-corrected chi connectivity index (χ4v) is 2.27. The van der Waals surface area contributed by atoms with E-state index >= 15 is 0 Å². The lowest BCUT2D eigenvalue weighted by molar-refractivity contribution is -0.116. The largest absolute Gasteiger partial charge is 0.388 e. The number of amides is 1. The van der Waals surface area contributed by atoms with Crippen molar-refractivity contribution in [2.24, 2.45) is 5.92 Å². The van der Waals surface area contributed by atoms with Gasteiger partial charge in [0.15, 0.2) is 0 Å². The van der Waals surface area contributed by atoms with Gasteiger partial charge in [-0.2, -0.15) is 0 Å². The van der Waals surface area contributed by atoms with Crippen molar-refractivity contribution in [3.8, 4) is 0 Å². The third-order valence-corrected chi connectivity index (χ3v) is 3.33. The molecular formula is C14H18FNO2. The Bertz CT molecular complexity index is 485. The van der Waals surface area contributed by atoms with E-state index in [1.165, 1.54) is 6.07 Å². The van der Waals surface area contributed by atoms with Gasteiger partial charge in [0.05, 0.1) is 17.7 Å². The number of benzene rings is 1. The van der Waals surface area contributed by atoms with Gasteiger partial charge < -0.3 is 10.4 Å². The average Bonchev–Trinajstić information content (AvgIpc) is 2.56. The summed E-state index contributed by atoms with van der Waals surface area (Å²) in [6.45, 7) is 5.74. The van der Waals surface area contributed by atoms with E-state index in [1.807, 2.05) is 13.8 Å². The minimum Gasteiger partial charge on any atom is -0.388 e. The molecule has 2 unspecified atom stereocenters. The van der Waals surface area contributed by atoms with E-state index in [1.54, 1.807) is 13.0 Å². The van der Waals surface area contributed by atoms with Crippen LogP contribution in [0.4, 0.5) is 10.1 Å². The van der Waals surface area contributed by atoms with Crippen molar-refractivity contribution in [3.63, 3.8) is 0 Å². The highest BCUT2D eigenvalue weighted by atomic mass is 19.1. The molecule has 1 aromatic carbocycles. The molecule has 2 rings (SSSR count). The first-order valence-corrected chi connectivity index (χ1v) is 6.22. The number of carbonyl (C=O) groups excluding carboxylic acids is 1. The number of aliphatic hydroxyl groups excluding tert-OH is 1. The molecule has 18 heavy (non-hydrogen) atoms. The maximum atomic E-state index is 13.9. The van der Waals surface area contributed by atoms with E-state index in [-0.39, 0.29) is 17.5 Å². The fourth-order valence-electron chi connectivity index (χ4n) is 2.27. The van der Waals surface area contributed by atoms with Gasteiger partial charge in [0, 0.05) is 0 Å². The van der Waals surface area contributed by atoms with Crippen LogP contribution in [-0.2, 0) is 4.79 Å². The van der Waals surface area contributed by atoms with Gasteiger partial charge in [-0.05, 0) is 36.5 Å². The van der Waals surface area contributed by atoms with Crippen LogP contribution in [0.2, 0.25) is 0 Å². The second-order valence-electron chi connectivity index (χ2n) is 5.32. The van der Waals surface area contributed by atoms with Crippen molar-refractivity contribution >= 4 is 11.6 Å². The molecule has 1 aromatic rings. The van der Waals surface area contributed by atoms with Crippen LogP contribution >= 0.6 is 0 Å². The predicted octanol–water partition coefficient (Wildman–Crippen LogP) is 2.96. The minimum atomic E-state index is -0.687. The van der Waals surface area contributed by atoms with Crippen LogP contribution in [-0.4, -0.2) is 11.0 Å². The van der Waals surface area contributed by atoms with Crippen molar-refractivity contribution in [2.75, 3.05) is 5.32 Å². The number of halogens is 1.